The number of nitrogens with one attached hydrogen (secondary N) is 1. The largest absolute Gasteiger partial charge is 0.444 e. The van der Waals surface area contributed by atoms with E-state index in [1.54, 1.807) is 45.2 Å². The van der Waals surface area contributed by atoms with Crippen molar-refractivity contribution >= 4 is 40.7 Å². The predicted octanol–water partition coefficient (Wildman–Crippen LogP) is 5.82. The lowest BCUT2D eigenvalue weighted by Crippen LogP contribution is -2.41. The Morgan fingerprint density at radius 1 is 1.09 bits per heavy atom. The van der Waals surface area contributed by atoms with Crippen molar-refractivity contribution in [3.05, 3.63) is 94.3 Å². The number of rotatable bonds is 4. The Bertz CT molecular complexity index is 1290. The van der Waals surface area contributed by atoms with Crippen LogP contribution in [0, 0.1) is 5.82 Å². The van der Waals surface area contributed by atoms with Gasteiger partial charge in [-0.2, -0.15) is 0 Å². The Morgan fingerprint density at radius 2 is 1.76 bits per heavy atom. The molecule has 0 radical (unpaired) electrons. The topological polar surface area (TPSA) is 71.0 Å². The van der Waals surface area contributed by atoms with Crippen molar-refractivity contribution in [2.24, 2.45) is 4.99 Å². The number of fused-ring (bicyclic) bond motifs is 1. The molecule has 0 spiro atoms. The molecule has 0 saturated heterocycles. The highest BCUT2D eigenvalue weighted by Gasteiger charge is 2.37. The molecule has 2 amide bonds. The third kappa shape index (κ3) is 4.65. The highest BCUT2D eigenvalue weighted by atomic mass is 35.5. The summed E-state index contributed by atoms with van der Waals surface area (Å²) < 4.78 is 20.1. The van der Waals surface area contributed by atoms with Gasteiger partial charge in [0, 0.05) is 23.9 Å². The summed E-state index contributed by atoms with van der Waals surface area (Å²) in [5.74, 6) is -0.790. The van der Waals surface area contributed by atoms with Crippen molar-refractivity contribution in [3.63, 3.8) is 0 Å². The van der Waals surface area contributed by atoms with E-state index < -0.39 is 17.4 Å². The lowest BCUT2D eigenvalue weighted by atomic mass is 9.98. The zero-order valence-electron chi connectivity index (χ0n) is 18.9. The van der Waals surface area contributed by atoms with E-state index in [1.165, 1.54) is 17.0 Å². The molecule has 174 valence electrons. The maximum atomic E-state index is 14.8. The SMILES string of the molecule is CN1C(=O)C(C)(C)N=C(c2ccccc2F)c2cc(NC(=O)OCc3ccccc3)cc(Cl)c21. The number of benzodiazepines with no additional fused rings is 1. The van der Waals surface area contributed by atoms with Gasteiger partial charge in [-0.3, -0.25) is 15.1 Å². The molecule has 6 nitrogen and oxygen atoms in total. The maximum Gasteiger partial charge on any atom is 0.411 e. The Labute approximate surface area is 202 Å². The molecule has 34 heavy (non-hydrogen) atoms. The quantitative estimate of drug-likeness (QED) is 0.512. The van der Waals surface area contributed by atoms with Gasteiger partial charge in [-0.05, 0) is 43.7 Å². The van der Waals surface area contributed by atoms with Crippen LogP contribution in [0.5, 0.6) is 0 Å². The highest BCUT2D eigenvalue weighted by Crippen LogP contribution is 2.39. The molecule has 0 unspecified atom stereocenters. The van der Waals surface area contributed by atoms with Gasteiger partial charge in [0.05, 0.1) is 16.4 Å². The fourth-order valence-electron chi connectivity index (χ4n) is 3.83. The number of benzene rings is 3. The predicted molar refractivity (Wildman–Crippen MR) is 131 cm³/mol. The van der Waals surface area contributed by atoms with Crippen molar-refractivity contribution in [1.82, 2.24) is 0 Å². The summed E-state index contributed by atoms with van der Waals surface area (Å²) in [6, 6.07) is 18.6. The van der Waals surface area contributed by atoms with Gasteiger partial charge in [0.15, 0.2) is 0 Å². The van der Waals surface area contributed by atoms with Crippen LogP contribution in [-0.2, 0) is 16.1 Å². The van der Waals surface area contributed by atoms with E-state index in [1.807, 2.05) is 30.3 Å². The first-order chi connectivity index (χ1) is 16.2. The van der Waals surface area contributed by atoms with E-state index in [2.05, 4.69) is 10.3 Å². The molecule has 0 atom stereocenters. The smallest absolute Gasteiger partial charge is 0.411 e. The van der Waals surface area contributed by atoms with E-state index in [0.29, 0.717) is 16.9 Å². The summed E-state index contributed by atoms with van der Waals surface area (Å²) in [5, 5.41) is 2.86. The van der Waals surface area contributed by atoms with Crippen molar-refractivity contribution in [3.8, 4) is 0 Å². The van der Waals surface area contributed by atoms with Crippen LogP contribution in [0.4, 0.5) is 20.6 Å². The van der Waals surface area contributed by atoms with Gasteiger partial charge in [-0.15, -0.1) is 0 Å². The molecule has 3 aromatic carbocycles. The molecule has 0 bridgehead atoms. The van der Waals surface area contributed by atoms with Crippen LogP contribution in [0.2, 0.25) is 5.02 Å². The molecule has 0 aliphatic carbocycles. The van der Waals surface area contributed by atoms with E-state index in [0.717, 1.165) is 5.56 Å². The molecule has 1 N–H and O–H groups in total. The van der Waals surface area contributed by atoms with Crippen molar-refractivity contribution in [1.29, 1.82) is 0 Å². The fraction of sp³-hybridized carbons (Fsp3) is 0.192. The third-order valence-electron chi connectivity index (χ3n) is 5.46. The summed E-state index contributed by atoms with van der Waals surface area (Å²) in [7, 11) is 1.59. The first-order valence-corrected chi connectivity index (χ1v) is 11.0. The van der Waals surface area contributed by atoms with Gasteiger partial charge >= 0.3 is 6.09 Å². The molecule has 1 aliphatic heterocycles. The maximum absolute atomic E-state index is 14.8. The number of hydrogen-bond acceptors (Lipinski definition) is 4. The summed E-state index contributed by atoms with van der Waals surface area (Å²) in [6.07, 6.45) is -0.678. The van der Waals surface area contributed by atoms with Gasteiger partial charge in [0.2, 0.25) is 0 Å². The number of aliphatic imine (C=N–C) groups is 1. The van der Waals surface area contributed by atoms with Gasteiger partial charge in [-0.1, -0.05) is 54.1 Å². The monoisotopic (exact) mass is 479 g/mol. The van der Waals surface area contributed by atoms with Crippen LogP contribution in [0.1, 0.15) is 30.5 Å². The Kier molecular flexibility index (Phi) is 6.39. The molecule has 4 rings (SSSR count). The number of carbonyl (C=O) groups excluding carboxylic acids is 2. The second-order valence-corrected chi connectivity index (χ2v) is 8.81. The van der Waals surface area contributed by atoms with E-state index in [9.17, 15) is 14.0 Å². The molecule has 0 saturated carbocycles. The lowest BCUT2D eigenvalue weighted by molar-refractivity contribution is -0.122. The van der Waals surface area contributed by atoms with Crippen LogP contribution in [0.3, 0.4) is 0 Å². The van der Waals surface area contributed by atoms with Gasteiger partial charge in [0.1, 0.15) is 18.0 Å². The zero-order valence-corrected chi connectivity index (χ0v) is 19.7. The number of halogens is 2. The third-order valence-corrected chi connectivity index (χ3v) is 5.75. The molecule has 0 aromatic heterocycles. The number of anilines is 2. The molecule has 1 heterocycles. The summed E-state index contributed by atoms with van der Waals surface area (Å²) in [5.41, 5.74) is 1.27. The number of amides is 2. The van der Waals surface area contributed by atoms with Crippen molar-refractivity contribution in [2.45, 2.75) is 26.0 Å². The van der Waals surface area contributed by atoms with Crippen LogP contribution in [0.15, 0.2) is 71.7 Å². The average molecular weight is 480 g/mol. The van der Waals surface area contributed by atoms with Crippen LogP contribution in [-0.4, -0.2) is 30.3 Å². The van der Waals surface area contributed by atoms with Gasteiger partial charge in [0.25, 0.3) is 5.91 Å². The van der Waals surface area contributed by atoms with Gasteiger partial charge in [-0.25, -0.2) is 9.18 Å². The molecule has 0 fully saturated rings. The first kappa shape index (κ1) is 23.4. The fourth-order valence-corrected chi connectivity index (χ4v) is 4.17. The van der Waals surface area contributed by atoms with Gasteiger partial charge < -0.3 is 9.64 Å². The van der Waals surface area contributed by atoms with Crippen LogP contribution in [0.25, 0.3) is 0 Å². The zero-order chi connectivity index (χ0) is 24.5. The number of likely N-dealkylation sites (N-methyl/N-ethyl adjacent to an activating group) is 1. The summed E-state index contributed by atoms with van der Waals surface area (Å²) in [4.78, 5) is 31.6. The molecular weight excluding hydrogens is 457 g/mol. The summed E-state index contributed by atoms with van der Waals surface area (Å²) in [6.45, 7) is 3.41. The Hall–Kier alpha value is -3.71. The average Bonchev–Trinajstić information content (AvgIpc) is 2.88. The standard InChI is InChI=1S/C26H23ClFN3O3/c1-26(2)24(32)31(3)23-19(22(30-26)18-11-7-8-12-21(18)28)13-17(14-20(23)27)29-25(33)34-15-16-9-5-4-6-10-16/h4-14H,15H2,1-3H3,(H,29,33). The van der Waals surface area contributed by atoms with Crippen LogP contribution >= 0.6 is 11.6 Å². The van der Waals surface area contributed by atoms with Crippen LogP contribution < -0.4 is 10.2 Å². The molecule has 1 aliphatic rings. The molecule has 8 heteroatoms. The van der Waals surface area contributed by atoms with E-state index in [4.69, 9.17) is 16.3 Å². The number of hydrogen-bond donors (Lipinski definition) is 1. The number of ether oxygens (including phenoxy) is 1. The molecular formula is C26H23ClFN3O3. The molecule has 3 aromatic rings. The van der Waals surface area contributed by atoms with E-state index in [-0.39, 0.29) is 28.8 Å². The second-order valence-electron chi connectivity index (χ2n) is 8.40. The summed E-state index contributed by atoms with van der Waals surface area (Å²) >= 11 is 6.59. The van der Waals surface area contributed by atoms with Crippen molar-refractivity contribution < 1.29 is 18.7 Å². The first-order valence-electron chi connectivity index (χ1n) is 10.6. The van der Waals surface area contributed by atoms with E-state index >= 15 is 0 Å². The highest BCUT2D eigenvalue weighted by molar-refractivity contribution is 6.36. The lowest BCUT2D eigenvalue weighted by Gasteiger charge is -2.25. The second kappa shape index (κ2) is 9.27. The number of carbonyl (C=O) groups is 2. The minimum absolute atomic E-state index is 0.0959. The minimum atomic E-state index is -1.17. The minimum Gasteiger partial charge on any atom is -0.444 e. The Balaban J connectivity index is 1.74. The Morgan fingerprint density at radius 3 is 2.47 bits per heavy atom. The van der Waals surface area contributed by atoms with Crippen molar-refractivity contribution in [2.75, 3.05) is 17.3 Å². The number of nitrogens with zero attached hydrogens (tertiary/aromatic N) is 2. The normalized spacial score (nSPS) is 14.7.